The first-order valence-electron chi connectivity index (χ1n) is 7.33. The number of hydrogen-bond acceptors (Lipinski definition) is 5. The summed E-state index contributed by atoms with van der Waals surface area (Å²) in [6, 6.07) is 1.91. The van der Waals surface area contributed by atoms with E-state index in [4.69, 9.17) is 9.47 Å². The van der Waals surface area contributed by atoms with Crippen LogP contribution in [-0.2, 0) is 16.5 Å². The van der Waals surface area contributed by atoms with E-state index in [9.17, 15) is 4.79 Å². The zero-order chi connectivity index (χ0) is 14.6. The van der Waals surface area contributed by atoms with Crippen LogP contribution >= 0.6 is 11.3 Å². The molecular weight excluding hydrogens is 288 g/mol. The summed E-state index contributed by atoms with van der Waals surface area (Å²) >= 11 is 1.46. The van der Waals surface area contributed by atoms with Crippen molar-refractivity contribution >= 4 is 27.5 Å². The minimum atomic E-state index is -0.253. The fourth-order valence-electron chi connectivity index (χ4n) is 3.21. The third-order valence-corrected chi connectivity index (χ3v) is 5.79. The molecular formula is C15H18N2O3S. The van der Waals surface area contributed by atoms with E-state index < -0.39 is 0 Å². The van der Waals surface area contributed by atoms with Gasteiger partial charge in [0.1, 0.15) is 15.3 Å². The molecule has 2 aromatic heterocycles. The van der Waals surface area contributed by atoms with Gasteiger partial charge in [-0.25, -0.2) is 4.79 Å². The van der Waals surface area contributed by atoms with Crippen LogP contribution < -0.4 is 0 Å². The summed E-state index contributed by atoms with van der Waals surface area (Å²) in [7, 11) is 1.90. The molecule has 0 aromatic carbocycles. The van der Waals surface area contributed by atoms with E-state index in [-0.39, 0.29) is 11.6 Å². The standard InChI is InChI=1S/C15H18N2O3S/c1-9-11-7-12(21-13(11)17(2)16-9)14(18)20-15(4-5-15)10-3-6-19-8-10/h7,10H,3-6,8H2,1-2H3/t10-/m1/s1. The van der Waals surface area contributed by atoms with Gasteiger partial charge in [0, 0.05) is 25.0 Å². The van der Waals surface area contributed by atoms with Crippen LogP contribution in [0.25, 0.3) is 10.2 Å². The highest BCUT2D eigenvalue weighted by atomic mass is 32.1. The van der Waals surface area contributed by atoms with E-state index in [0.717, 1.165) is 48.4 Å². The molecule has 2 aromatic rings. The fraction of sp³-hybridized carbons (Fsp3) is 0.600. The van der Waals surface area contributed by atoms with Crippen LogP contribution in [0.2, 0.25) is 0 Å². The molecule has 0 spiro atoms. The Morgan fingerprint density at radius 3 is 3.00 bits per heavy atom. The minimum absolute atomic E-state index is 0.194. The lowest BCUT2D eigenvalue weighted by molar-refractivity contribution is 0.00137. The average Bonchev–Trinajstić information content (AvgIpc) is 2.90. The van der Waals surface area contributed by atoms with Gasteiger partial charge in [0.2, 0.25) is 0 Å². The molecule has 21 heavy (non-hydrogen) atoms. The molecule has 1 aliphatic heterocycles. The van der Waals surface area contributed by atoms with Crippen molar-refractivity contribution in [1.29, 1.82) is 0 Å². The Bertz CT molecular complexity index is 673. The molecule has 0 N–H and O–H groups in total. The number of carbonyl (C=O) groups is 1. The summed E-state index contributed by atoms with van der Waals surface area (Å²) in [4.78, 5) is 14.2. The molecule has 0 bridgehead atoms. The van der Waals surface area contributed by atoms with Gasteiger partial charge in [-0.3, -0.25) is 4.68 Å². The Hall–Kier alpha value is -1.40. The van der Waals surface area contributed by atoms with Crippen molar-refractivity contribution in [3.63, 3.8) is 0 Å². The van der Waals surface area contributed by atoms with Gasteiger partial charge in [0.15, 0.2) is 0 Å². The van der Waals surface area contributed by atoms with Crippen molar-refractivity contribution in [3.8, 4) is 0 Å². The summed E-state index contributed by atoms with van der Waals surface area (Å²) < 4.78 is 13.1. The Morgan fingerprint density at radius 2 is 2.38 bits per heavy atom. The van der Waals surface area contributed by atoms with Crippen LogP contribution in [0.3, 0.4) is 0 Å². The summed E-state index contributed by atoms with van der Waals surface area (Å²) in [6.07, 6.45) is 2.94. The maximum atomic E-state index is 12.5. The van der Waals surface area contributed by atoms with Gasteiger partial charge >= 0.3 is 5.97 Å². The van der Waals surface area contributed by atoms with E-state index in [1.807, 2.05) is 24.7 Å². The second kappa shape index (κ2) is 4.55. The predicted octanol–water partition coefficient (Wildman–Crippen LogP) is 2.67. The zero-order valence-corrected chi connectivity index (χ0v) is 13.0. The van der Waals surface area contributed by atoms with Crippen LogP contribution in [0.1, 0.15) is 34.6 Å². The third kappa shape index (κ3) is 2.08. The molecule has 112 valence electrons. The monoisotopic (exact) mass is 306 g/mol. The molecule has 1 saturated carbocycles. The summed E-state index contributed by atoms with van der Waals surface area (Å²) in [5.74, 6) is 0.180. The first-order chi connectivity index (χ1) is 10.1. The van der Waals surface area contributed by atoms with Crippen LogP contribution in [0.4, 0.5) is 0 Å². The Kier molecular flexibility index (Phi) is 2.87. The topological polar surface area (TPSA) is 53.4 Å². The maximum Gasteiger partial charge on any atom is 0.348 e. The second-order valence-corrected chi connectivity index (χ2v) is 7.08. The molecule has 0 unspecified atom stereocenters. The molecule has 0 amide bonds. The molecule has 1 saturated heterocycles. The van der Waals surface area contributed by atoms with E-state index in [1.54, 1.807) is 0 Å². The number of thiophene rings is 1. The number of esters is 1. The number of carbonyl (C=O) groups excluding carboxylic acids is 1. The Labute approximate surface area is 126 Å². The molecule has 2 fully saturated rings. The van der Waals surface area contributed by atoms with Crippen molar-refractivity contribution in [2.75, 3.05) is 13.2 Å². The molecule has 5 nitrogen and oxygen atoms in total. The predicted molar refractivity (Wildman–Crippen MR) is 79.6 cm³/mol. The number of aryl methyl sites for hydroxylation is 2. The Balaban J connectivity index is 1.57. The minimum Gasteiger partial charge on any atom is -0.454 e. The lowest BCUT2D eigenvalue weighted by Gasteiger charge is -2.21. The van der Waals surface area contributed by atoms with Gasteiger partial charge < -0.3 is 9.47 Å². The normalized spacial score (nSPS) is 23.6. The van der Waals surface area contributed by atoms with Gasteiger partial charge in [-0.2, -0.15) is 5.10 Å². The van der Waals surface area contributed by atoms with Crippen molar-refractivity contribution < 1.29 is 14.3 Å². The molecule has 0 radical (unpaired) electrons. The molecule has 1 aliphatic carbocycles. The third-order valence-electron chi connectivity index (χ3n) is 4.61. The fourth-order valence-corrected chi connectivity index (χ4v) is 4.21. The molecule has 2 aliphatic rings. The molecule has 1 atom stereocenters. The Morgan fingerprint density at radius 1 is 1.57 bits per heavy atom. The summed E-state index contributed by atoms with van der Waals surface area (Å²) in [5, 5.41) is 5.40. The number of fused-ring (bicyclic) bond motifs is 1. The summed E-state index contributed by atoms with van der Waals surface area (Å²) in [6.45, 7) is 3.48. The van der Waals surface area contributed by atoms with Gasteiger partial charge in [-0.15, -0.1) is 11.3 Å². The highest BCUT2D eigenvalue weighted by Crippen LogP contribution is 2.49. The lowest BCUT2D eigenvalue weighted by Crippen LogP contribution is -2.29. The van der Waals surface area contributed by atoms with E-state index in [2.05, 4.69) is 5.10 Å². The van der Waals surface area contributed by atoms with E-state index in [1.165, 1.54) is 11.3 Å². The first kappa shape index (κ1) is 13.3. The van der Waals surface area contributed by atoms with Crippen molar-refractivity contribution in [2.24, 2.45) is 13.0 Å². The van der Waals surface area contributed by atoms with Gasteiger partial charge in [0.05, 0.1) is 12.3 Å². The van der Waals surface area contributed by atoms with Crippen LogP contribution in [0.5, 0.6) is 0 Å². The van der Waals surface area contributed by atoms with E-state index >= 15 is 0 Å². The first-order valence-corrected chi connectivity index (χ1v) is 8.15. The summed E-state index contributed by atoms with van der Waals surface area (Å²) in [5.41, 5.74) is 0.699. The number of ether oxygens (including phenoxy) is 2. The molecule has 4 rings (SSSR count). The quantitative estimate of drug-likeness (QED) is 0.818. The SMILES string of the molecule is Cc1nn(C)c2sc(C(=O)OC3([C@@H]4CCOC4)CC3)cc12. The molecule has 3 heterocycles. The van der Waals surface area contributed by atoms with E-state index in [0.29, 0.717) is 10.8 Å². The van der Waals surface area contributed by atoms with Gasteiger partial charge in [-0.1, -0.05) is 0 Å². The second-order valence-electron chi connectivity index (χ2n) is 6.05. The molecule has 6 heteroatoms. The van der Waals surface area contributed by atoms with Crippen LogP contribution in [-0.4, -0.2) is 34.6 Å². The smallest absolute Gasteiger partial charge is 0.348 e. The van der Waals surface area contributed by atoms with Crippen LogP contribution in [0, 0.1) is 12.8 Å². The number of aromatic nitrogens is 2. The van der Waals surface area contributed by atoms with Gasteiger partial charge in [0.25, 0.3) is 0 Å². The highest BCUT2D eigenvalue weighted by molar-refractivity contribution is 7.20. The van der Waals surface area contributed by atoms with Gasteiger partial charge in [-0.05, 0) is 32.3 Å². The zero-order valence-electron chi connectivity index (χ0n) is 12.2. The van der Waals surface area contributed by atoms with Crippen LogP contribution in [0.15, 0.2) is 6.07 Å². The number of nitrogens with zero attached hydrogens (tertiary/aromatic N) is 2. The number of hydrogen-bond donors (Lipinski definition) is 0. The maximum absolute atomic E-state index is 12.5. The van der Waals surface area contributed by atoms with Crippen molar-refractivity contribution in [2.45, 2.75) is 31.8 Å². The number of rotatable bonds is 3. The van der Waals surface area contributed by atoms with Crippen molar-refractivity contribution in [3.05, 3.63) is 16.6 Å². The highest BCUT2D eigenvalue weighted by Gasteiger charge is 2.54. The largest absolute Gasteiger partial charge is 0.454 e. The average molecular weight is 306 g/mol. The lowest BCUT2D eigenvalue weighted by atomic mass is 9.99. The van der Waals surface area contributed by atoms with Crippen molar-refractivity contribution in [1.82, 2.24) is 9.78 Å².